The summed E-state index contributed by atoms with van der Waals surface area (Å²) < 4.78 is 23.8. The molecule has 0 aliphatic carbocycles. The number of rotatable bonds is 7. The van der Waals surface area contributed by atoms with Crippen molar-refractivity contribution in [3.63, 3.8) is 0 Å². The van der Waals surface area contributed by atoms with Gasteiger partial charge in [-0.05, 0) is 36.9 Å². The van der Waals surface area contributed by atoms with Gasteiger partial charge in [0.2, 0.25) is 0 Å². The number of piperazine rings is 1. The van der Waals surface area contributed by atoms with Gasteiger partial charge in [0, 0.05) is 44.5 Å². The van der Waals surface area contributed by atoms with E-state index < -0.39 is 11.8 Å². The second-order valence-corrected chi connectivity index (χ2v) is 7.64. The number of benzene rings is 2. The molecule has 1 unspecified atom stereocenters. The van der Waals surface area contributed by atoms with E-state index in [0.29, 0.717) is 17.2 Å². The lowest BCUT2D eigenvalue weighted by molar-refractivity contribution is -0.136. The third-order valence-electron chi connectivity index (χ3n) is 5.54. The molecule has 1 atom stereocenters. The van der Waals surface area contributed by atoms with Crippen LogP contribution in [0, 0.1) is 5.82 Å². The number of likely N-dealkylation sites (N-methyl/N-ethyl adjacent to an activating group) is 1. The molecule has 2 aromatic rings. The quantitative estimate of drug-likeness (QED) is 0.635. The Hall–Kier alpha value is -3.17. The average molecular weight is 445 g/mol. The fourth-order valence-corrected chi connectivity index (χ4v) is 3.65. The van der Waals surface area contributed by atoms with E-state index in [9.17, 15) is 14.0 Å². The number of hydrogen-bond acceptors (Lipinski definition) is 6. The monoisotopic (exact) mass is 444 g/mol. The van der Waals surface area contributed by atoms with Crippen LogP contribution in [-0.2, 0) is 9.59 Å². The minimum Gasteiger partial charge on any atom is -0.493 e. The van der Waals surface area contributed by atoms with Gasteiger partial charge in [0.25, 0.3) is 0 Å². The summed E-state index contributed by atoms with van der Waals surface area (Å²) in [4.78, 5) is 29.4. The number of nitrogens with one attached hydrogen (secondary N) is 2. The molecule has 2 aromatic carbocycles. The van der Waals surface area contributed by atoms with Crippen molar-refractivity contribution in [2.75, 3.05) is 59.3 Å². The molecule has 0 radical (unpaired) electrons. The van der Waals surface area contributed by atoms with Crippen LogP contribution >= 0.6 is 0 Å². The number of carbonyl (C=O) groups is 2. The SMILES string of the molecule is COc1ccc(NC(=O)C(=O)NCC(c2ccc(F)cc2)N2CCN(C)CC2)cc1OC. The topological polar surface area (TPSA) is 83.1 Å². The third kappa shape index (κ3) is 5.95. The minimum absolute atomic E-state index is 0.165. The Labute approximate surface area is 187 Å². The summed E-state index contributed by atoms with van der Waals surface area (Å²) in [6.07, 6.45) is 0. The standard InChI is InChI=1S/C23H29FN4O4/c1-27-10-12-28(13-11-27)19(16-4-6-17(24)7-5-16)15-25-22(29)23(30)26-18-8-9-20(31-2)21(14-18)32-3/h4-9,14,19H,10-13,15H2,1-3H3,(H,25,29)(H,26,30). The van der Waals surface area contributed by atoms with Crippen molar-refractivity contribution >= 4 is 17.5 Å². The summed E-state index contributed by atoms with van der Waals surface area (Å²) in [5, 5.41) is 5.29. The first-order chi connectivity index (χ1) is 15.4. The van der Waals surface area contributed by atoms with Gasteiger partial charge in [-0.25, -0.2) is 4.39 Å². The van der Waals surface area contributed by atoms with E-state index in [1.165, 1.54) is 26.4 Å². The van der Waals surface area contributed by atoms with Crippen LogP contribution in [0.25, 0.3) is 0 Å². The highest BCUT2D eigenvalue weighted by Gasteiger charge is 2.25. The summed E-state index contributed by atoms with van der Waals surface area (Å²) in [5.74, 6) is -0.889. The van der Waals surface area contributed by atoms with Crippen LogP contribution in [-0.4, -0.2) is 75.6 Å². The lowest BCUT2D eigenvalue weighted by Gasteiger charge is -2.38. The first-order valence-electron chi connectivity index (χ1n) is 10.4. The number of amides is 2. The number of halogens is 1. The zero-order valence-corrected chi connectivity index (χ0v) is 18.6. The van der Waals surface area contributed by atoms with Crippen molar-refractivity contribution in [3.8, 4) is 11.5 Å². The normalized spacial score (nSPS) is 15.6. The predicted octanol–water partition coefficient (Wildman–Crippen LogP) is 1.89. The molecule has 1 heterocycles. The van der Waals surface area contributed by atoms with E-state index >= 15 is 0 Å². The maximum Gasteiger partial charge on any atom is 0.313 e. The molecular weight excluding hydrogens is 415 g/mol. The lowest BCUT2D eigenvalue weighted by Crippen LogP contribution is -2.49. The van der Waals surface area contributed by atoms with Gasteiger partial charge < -0.3 is 25.0 Å². The summed E-state index contributed by atoms with van der Waals surface area (Å²) in [5.41, 5.74) is 1.30. The first-order valence-corrected chi connectivity index (χ1v) is 10.4. The predicted molar refractivity (Wildman–Crippen MR) is 119 cm³/mol. The second kappa shape index (κ2) is 10.9. The smallest absolute Gasteiger partial charge is 0.313 e. The van der Waals surface area contributed by atoms with Crippen LogP contribution in [0.15, 0.2) is 42.5 Å². The number of anilines is 1. The molecule has 0 saturated carbocycles. The van der Waals surface area contributed by atoms with E-state index in [4.69, 9.17) is 9.47 Å². The van der Waals surface area contributed by atoms with Gasteiger partial charge >= 0.3 is 11.8 Å². The molecule has 3 rings (SSSR count). The van der Waals surface area contributed by atoms with Gasteiger partial charge in [-0.3, -0.25) is 14.5 Å². The third-order valence-corrected chi connectivity index (χ3v) is 5.54. The largest absolute Gasteiger partial charge is 0.493 e. The van der Waals surface area contributed by atoms with E-state index in [-0.39, 0.29) is 18.4 Å². The van der Waals surface area contributed by atoms with Crippen molar-refractivity contribution < 1.29 is 23.5 Å². The zero-order valence-electron chi connectivity index (χ0n) is 18.6. The van der Waals surface area contributed by atoms with Gasteiger partial charge in [-0.1, -0.05) is 12.1 Å². The molecular formula is C23H29FN4O4. The van der Waals surface area contributed by atoms with Crippen LogP contribution in [0.1, 0.15) is 11.6 Å². The first kappa shape index (κ1) is 23.5. The Morgan fingerprint density at radius 3 is 2.25 bits per heavy atom. The fourth-order valence-electron chi connectivity index (χ4n) is 3.65. The molecule has 1 aliphatic rings. The van der Waals surface area contributed by atoms with Gasteiger partial charge in [-0.15, -0.1) is 0 Å². The number of nitrogens with zero attached hydrogens (tertiary/aromatic N) is 2. The van der Waals surface area contributed by atoms with Crippen molar-refractivity contribution in [2.24, 2.45) is 0 Å². The molecule has 9 heteroatoms. The van der Waals surface area contributed by atoms with E-state index in [1.807, 2.05) is 0 Å². The Morgan fingerprint density at radius 1 is 0.969 bits per heavy atom. The van der Waals surface area contributed by atoms with Gasteiger partial charge in [0.15, 0.2) is 11.5 Å². The Balaban J connectivity index is 1.65. The number of hydrogen-bond donors (Lipinski definition) is 2. The molecule has 8 nitrogen and oxygen atoms in total. The highest BCUT2D eigenvalue weighted by Crippen LogP contribution is 2.29. The van der Waals surface area contributed by atoms with Crippen LogP contribution in [0.2, 0.25) is 0 Å². The van der Waals surface area contributed by atoms with Crippen molar-refractivity contribution in [2.45, 2.75) is 6.04 Å². The molecule has 32 heavy (non-hydrogen) atoms. The Kier molecular flexibility index (Phi) is 8.02. The molecule has 2 amide bonds. The summed E-state index contributed by atoms with van der Waals surface area (Å²) in [6, 6.07) is 10.9. The lowest BCUT2D eigenvalue weighted by atomic mass is 10.0. The number of ether oxygens (including phenoxy) is 2. The molecule has 1 fully saturated rings. The van der Waals surface area contributed by atoms with Crippen molar-refractivity contribution in [1.29, 1.82) is 0 Å². The molecule has 172 valence electrons. The maximum absolute atomic E-state index is 13.4. The zero-order chi connectivity index (χ0) is 23.1. The molecule has 1 saturated heterocycles. The number of carbonyl (C=O) groups excluding carboxylic acids is 2. The van der Waals surface area contributed by atoms with Gasteiger partial charge in [0.05, 0.1) is 20.3 Å². The van der Waals surface area contributed by atoms with Crippen LogP contribution in [0.4, 0.5) is 10.1 Å². The molecule has 1 aliphatic heterocycles. The number of methoxy groups -OCH3 is 2. The fraction of sp³-hybridized carbons (Fsp3) is 0.391. The maximum atomic E-state index is 13.4. The Morgan fingerprint density at radius 2 is 1.62 bits per heavy atom. The summed E-state index contributed by atoms with van der Waals surface area (Å²) in [7, 11) is 5.07. The van der Waals surface area contributed by atoms with Crippen LogP contribution < -0.4 is 20.1 Å². The van der Waals surface area contributed by atoms with E-state index in [0.717, 1.165) is 31.7 Å². The van der Waals surface area contributed by atoms with Gasteiger partial charge in [0.1, 0.15) is 5.82 Å². The van der Waals surface area contributed by atoms with Gasteiger partial charge in [-0.2, -0.15) is 0 Å². The highest BCUT2D eigenvalue weighted by atomic mass is 19.1. The van der Waals surface area contributed by atoms with Crippen LogP contribution in [0.3, 0.4) is 0 Å². The van der Waals surface area contributed by atoms with Crippen molar-refractivity contribution in [3.05, 3.63) is 53.8 Å². The molecule has 0 spiro atoms. The molecule has 0 bridgehead atoms. The summed E-state index contributed by atoms with van der Waals surface area (Å²) in [6.45, 7) is 3.64. The molecule has 0 aromatic heterocycles. The molecule has 2 N–H and O–H groups in total. The van der Waals surface area contributed by atoms with E-state index in [2.05, 4.69) is 27.5 Å². The Bertz CT molecular complexity index is 930. The van der Waals surface area contributed by atoms with Crippen molar-refractivity contribution in [1.82, 2.24) is 15.1 Å². The van der Waals surface area contributed by atoms with Crippen LogP contribution in [0.5, 0.6) is 11.5 Å². The summed E-state index contributed by atoms with van der Waals surface area (Å²) >= 11 is 0. The second-order valence-electron chi connectivity index (χ2n) is 7.64. The van der Waals surface area contributed by atoms with E-state index in [1.54, 1.807) is 30.3 Å². The average Bonchev–Trinajstić information content (AvgIpc) is 2.81. The highest BCUT2D eigenvalue weighted by molar-refractivity contribution is 6.39. The minimum atomic E-state index is -0.784.